The molecule has 1 aliphatic heterocycles. The van der Waals surface area contributed by atoms with Gasteiger partial charge in [0.25, 0.3) is 5.91 Å². The van der Waals surface area contributed by atoms with Crippen molar-refractivity contribution in [3.05, 3.63) is 64.5 Å². The first-order chi connectivity index (χ1) is 16.7. The first-order valence-corrected chi connectivity index (χ1v) is 12.2. The average molecular weight is 496 g/mol. The van der Waals surface area contributed by atoms with E-state index in [9.17, 15) is 14.7 Å². The lowest BCUT2D eigenvalue weighted by Gasteiger charge is -2.48. The molecule has 1 unspecified atom stereocenters. The summed E-state index contributed by atoms with van der Waals surface area (Å²) in [6.45, 7) is 6.90. The van der Waals surface area contributed by atoms with E-state index in [1.807, 2.05) is 16.3 Å². The largest absolute Gasteiger partial charge is 0.496 e. The van der Waals surface area contributed by atoms with Gasteiger partial charge in [-0.05, 0) is 23.1 Å². The molecule has 35 heavy (non-hydrogen) atoms. The van der Waals surface area contributed by atoms with Gasteiger partial charge in [0.1, 0.15) is 11.6 Å². The Balaban J connectivity index is 1.75. The molecule has 0 spiro atoms. The summed E-state index contributed by atoms with van der Waals surface area (Å²) < 4.78 is 5.59. The molecule has 0 bridgehead atoms. The number of carbonyl (C=O) groups excluding carboxylic acids is 1. The molecule has 10 heteroatoms. The number of carboxylic acids is 1. The Kier molecular flexibility index (Phi) is 6.75. The van der Waals surface area contributed by atoms with Crippen molar-refractivity contribution in [3.8, 4) is 5.75 Å². The summed E-state index contributed by atoms with van der Waals surface area (Å²) in [7, 11) is 1.57. The molecule has 2 aromatic heterocycles. The summed E-state index contributed by atoms with van der Waals surface area (Å²) in [5.41, 5.74) is 1.91. The minimum Gasteiger partial charge on any atom is -0.496 e. The summed E-state index contributed by atoms with van der Waals surface area (Å²) in [6.07, 6.45) is 4.81. The van der Waals surface area contributed by atoms with Gasteiger partial charge < -0.3 is 19.6 Å². The number of ether oxygens (including phenoxy) is 1. The topological polar surface area (TPSA) is 109 Å². The highest BCUT2D eigenvalue weighted by Gasteiger charge is 2.51. The number of hydrogen-bond donors (Lipinski definition) is 1. The van der Waals surface area contributed by atoms with Crippen molar-refractivity contribution in [1.82, 2.24) is 19.9 Å². The Hall–Kier alpha value is -3.53. The summed E-state index contributed by atoms with van der Waals surface area (Å²) in [5.74, 6) is -0.285. The number of piperazine rings is 1. The second-order valence-electron chi connectivity index (χ2n) is 9.60. The van der Waals surface area contributed by atoms with Crippen LogP contribution in [0.25, 0.3) is 0 Å². The molecule has 1 saturated heterocycles. The van der Waals surface area contributed by atoms with Gasteiger partial charge in [-0.2, -0.15) is 0 Å². The number of nitrogens with zero attached hydrogens (tertiary/aromatic N) is 5. The van der Waals surface area contributed by atoms with Crippen molar-refractivity contribution in [1.29, 1.82) is 0 Å². The van der Waals surface area contributed by atoms with Crippen LogP contribution in [0.4, 0.5) is 5.82 Å². The number of amides is 1. The number of methoxy groups -OCH3 is 1. The predicted octanol–water partition coefficient (Wildman–Crippen LogP) is 3.27. The molecule has 1 fully saturated rings. The Bertz CT molecular complexity index is 1200. The zero-order chi connectivity index (χ0) is 25.2. The van der Waals surface area contributed by atoms with Crippen LogP contribution in [0.1, 0.15) is 42.4 Å². The average Bonchev–Trinajstić information content (AvgIpc) is 3.36. The number of rotatable bonds is 6. The van der Waals surface area contributed by atoms with Crippen LogP contribution < -0.4 is 9.64 Å². The van der Waals surface area contributed by atoms with E-state index in [1.165, 1.54) is 16.2 Å². The van der Waals surface area contributed by atoms with Crippen LogP contribution in [0.15, 0.2) is 47.7 Å². The first-order valence-electron chi connectivity index (χ1n) is 11.3. The SMILES string of the molecule is COc1cc(C(=O)N2CCN(c3cnccn3)CC2(Cc2cscn2)C(=O)O)ccc1C(C)(C)C. The molecule has 4 rings (SSSR count). The predicted molar refractivity (Wildman–Crippen MR) is 133 cm³/mol. The van der Waals surface area contributed by atoms with E-state index in [2.05, 4.69) is 35.7 Å². The molecule has 9 nitrogen and oxygen atoms in total. The van der Waals surface area contributed by atoms with Gasteiger partial charge in [0.15, 0.2) is 5.54 Å². The van der Waals surface area contributed by atoms with Gasteiger partial charge in [-0.25, -0.2) is 14.8 Å². The van der Waals surface area contributed by atoms with Crippen molar-refractivity contribution in [2.45, 2.75) is 38.1 Å². The van der Waals surface area contributed by atoms with Gasteiger partial charge in [0.05, 0.1) is 31.1 Å². The molecule has 1 aliphatic rings. The van der Waals surface area contributed by atoms with E-state index in [0.717, 1.165) is 5.56 Å². The van der Waals surface area contributed by atoms with Crippen LogP contribution in [0, 0.1) is 0 Å². The lowest BCUT2D eigenvalue weighted by atomic mass is 9.85. The van der Waals surface area contributed by atoms with Crippen LogP contribution in [0.5, 0.6) is 5.75 Å². The normalized spacial score (nSPS) is 18.4. The molecule has 0 aliphatic carbocycles. The standard InChI is InChI=1S/C25H29N5O4S/c1-24(2,3)19-6-5-17(11-20(19)34-4)22(31)30-10-9-29(21-13-26-7-8-27-21)15-25(30,23(32)33)12-18-14-35-16-28-18/h5-8,11,13-14,16H,9-10,12,15H2,1-4H3,(H,32,33). The van der Waals surface area contributed by atoms with E-state index in [1.54, 1.807) is 43.3 Å². The molecule has 1 atom stereocenters. The summed E-state index contributed by atoms with van der Waals surface area (Å²) in [6, 6.07) is 5.33. The molecule has 0 saturated carbocycles. The fourth-order valence-corrected chi connectivity index (χ4v) is 5.05. The third-order valence-corrected chi connectivity index (χ3v) is 6.93. The van der Waals surface area contributed by atoms with Gasteiger partial charge in [-0.15, -0.1) is 11.3 Å². The zero-order valence-corrected chi connectivity index (χ0v) is 21.1. The molecule has 3 heterocycles. The van der Waals surface area contributed by atoms with Crippen molar-refractivity contribution in [3.63, 3.8) is 0 Å². The molecule has 0 radical (unpaired) electrons. The van der Waals surface area contributed by atoms with E-state index in [-0.39, 0.29) is 30.8 Å². The van der Waals surface area contributed by atoms with Gasteiger partial charge >= 0.3 is 5.97 Å². The lowest BCUT2D eigenvalue weighted by molar-refractivity contribution is -0.150. The Labute approximate surface area is 208 Å². The molecule has 1 N–H and O–H groups in total. The molecular formula is C25H29N5O4S. The van der Waals surface area contributed by atoms with Crippen LogP contribution in [0.2, 0.25) is 0 Å². The second-order valence-corrected chi connectivity index (χ2v) is 10.3. The quantitative estimate of drug-likeness (QED) is 0.555. The summed E-state index contributed by atoms with van der Waals surface area (Å²) in [4.78, 5) is 42.9. The number of benzene rings is 1. The van der Waals surface area contributed by atoms with Gasteiger partial charge in [0, 0.05) is 42.8 Å². The van der Waals surface area contributed by atoms with Crippen molar-refractivity contribution in [2.24, 2.45) is 0 Å². The van der Waals surface area contributed by atoms with E-state index in [4.69, 9.17) is 4.74 Å². The first kappa shape index (κ1) is 24.6. The van der Waals surface area contributed by atoms with Gasteiger partial charge in [-0.3, -0.25) is 9.78 Å². The number of anilines is 1. The molecule has 3 aromatic rings. The maximum atomic E-state index is 13.9. The van der Waals surface area contributed by atoms with Crippen molar-refractivity contribution < 1.29 is 19.4 Å². The Morgan fingerprint density at radius 2 is 2.00 bits per heavy atom. The maximum Gasteiger partial charge on any atom is 0.331 e. The minimum atomic E-state index is -1.54. The molecule has 1 amide bonds. The molecule has 184 valence electrons. The highest BCUT2D eigenvalue weighted by Crippen LogP contribution is 2.34. The number of aromatic nitrogens is 3. The van der Waals surface area contributed by atoms with Crippen molar-refractivity contribution >= 4 is 29.0 Å². The third-order valence-electron chi connectivity index (χ3n) is 6.29. The smallest absolute Gasteiger partial charge is 0.331 e. The van der Waals surface area contributed by atoms with Gasteiger partial charge in [0.2, 0.25) is 0 Å². The third kappa shape index (κ3) is 4.84. The highest BCUT2D eigenvalue weighted by molar-refractivity contribution is 7.07. The Morgan fingerprint density at radius 1 is 1.20 bits per heavy atom. The highest BCUT2D eigenvalue weighted by atomic mass is 32.1. The lowest BCUT2D eigenvalue weighted by Crippen LogP contribution is -2.69. The molecule has 1 aromatic carbocycles. The number of carbonyl (C=O) groups is 2. The van der Waals surface area contributed by atoms with E-state index < -0.39 is 11.5 Å². The number of aliphatic carboxylic acids is 1. The van der Waals surface area contributed by atoms with Crippen molar-refractivity contribution in [2.75, 3.05) is 31.6 Å². The monoisotopic (exact) mass is 495 g/mol. The van der Waals surface area contributed by atoms with E-state index in [0.29, 0.717) is 29.4 Å². The number of hydrogen-bond acceptors (Lipinski definition) is 8. The minimum absolute atomic E-state index is 0.0570. The fourth-order valence-electron chi connectivity index (χ4n) is 4.50. The second kappa shape index (κ2) is 9.61. The fraction of sp³-hybridized carbons (Fsp3) is 0.400. The van der Waals surface area contributed by atoms with Crippen LogP contribution in [0.3, 0.4) is 0 Å². The van der Waals surface area contributed by atoms with Gasteiger partial charge in [-0.1, -0.05) is 26.8 Å². The zero-order valence-electron chi connectivity index (χ0n) is 20.3. The molecular weight excluding hydrogens is 466 g/mol. The van der Waals surface area contributed by atoms with Crippen LogP contribution in [-0.4, -0.2) is 69.1 Å². The van der Waals surface area contributed by atoms with Crippen LogP contribution >= 0.6 is 11.3 Å². The van der Waals surface area contributed by atoms with Crippen LogP contribution in [-0.2, 0) is 16.6 Å². The maximum absolute atomic E-state index is 13.9. The summed E-state index contributed by atoms with van der Waals surface area (Å²) in [5, 5.41) is 12.4. The summed E-state index contributed by atoms with van der Waals surface area (Å²) >= 11 is 1.39. The Morgan fingerprint density at radius 3 is 2.60 bits per heavy atom. The number of carboxylic acid groups (broad SMARTS) is 1. The van der Waals surface area contributed by atoms with E-state index >= 15 is 0 Å². The number of thiazole rings is 1.